The molecule has 2 heterocycles. The molecular weight excluding hydrogens is 214 g/mol. The maximum atomic E-state index is 5.99. The van der Waals surface area contributed by atoms with Gasteiger partial charge in [-0.1, -0.05) is 0 Å². The molecule has 2 aliphatic rings. The fourth-order valence-corrected chi connectivity index (χ4v) is 2.41. The first kappa shape index (κ1) is 10.6. The first-order chi connectivity index (χ1) is 8.43. The normalized spacial score (nSPS) is 20.1. The lowest BCUT2D eigenvalue weighted by Crippen LogP contribution is -2.22. The zero-order valence-corrected chi connectivity index (χ0v) is 9.85. The molecule has 0 aromatic carbocycles. The molecule has 4 nitrogen and oxygen atoms in total. The average molecular weight is 231 g/mol. The summed E-state index contributed by atoms with van der Waals surface area (Å²) in [6.45, 7) is 1.75. The molecule has 1 fully saturated rings. The Balaban J connectivity index is 1.82. The van der Waals surface area contributed by atoms with Crippen molar-refractivity contribution in [3.63, 3.8) is 0 Å². The third-order valence-electron chi connectivity index (χ3n) is 3.28. The van der Waals surface area contributed by atoms with Crippen LogP contribution >= 0.6 is 0 Å². The van der Waals surface area contributed by atoms with E-state index in [1.807, 2.05) is 12.1 Å². The van der Waals surface area contributed by atoms with E-state index in [0.29, 0.717) is 6.10 Å². The van der Waals surface area contributed by atoms with Gasteiger partial charge in [-0.15, -0.1) is 0 Å². The number of pyridine rings is 1. The SMILES string of the molecule is c1cnc(OC2CCCC2)c(C2=NCCN2)c1. The quantitative estimate of drug-likeness (QED) is 0.862. The van der Waals surface area contributed by atoms with Gasteiger partial charge in [0.15, 0.2) is 0 Å². The van der Waals surface area contributed by atoms with Gasteiger partial charge < -0.3 is 10.1 Å². The summed E-state index contributed by atoms with van der Waals surface area (Å²) in [5.74, 6) is 1.65. The van der Waals surface area contributed by atoms with Gasteiger partial charge in [0.05, 0.1) is 12.1 Å². The molecule has 0 bridgehead atoms. The smallest absolute Gasteiger partial charge is 0.224 e. The minimum Gasteiger partial charge on any atom is -0.474 e. The van der Waals surface area contributed by atoms with Gasteiger partial charge in [-0.25, -0.2) is 4.98 Å². The highest BCUT2D eigenvalue weighted by Gasteiger charge is 2.20. The van der Waals surface area contributed by atoms with E-state index in [4.69, 9.17) is 4.74 Å². The Bertz CT molecular complexity index is 424. The van der Waals surface area contributed by atoms with Crippen molar-refractivity contribution in [2.45, 2.75) is 31.8 Å². The molecule has 1 aliphatic carbocycles. The third-order valence-corrected chi connectivity index (χ3v) is 3.28. The highest BCUT2D eigenvalue weighted by molar-refractivity contribution is 6.01. The van der Waals surface area contributed by atoms with Crippen LogP contribution in [0.15, 0.2) is 23.3 Å². The summed E-state index contributed by atoms with van der Waals surface area (Å²) in [7, 11) is 0. The minimum atomic E-state index is 0.339. The highest BCUT2D eigenvalue weighted by Crippen LogP contribution is 2.25. The fourth-order valence-electron chi connectivity index (χ4n) is 2.41. The Morgan fingerprint density at radius 3 is 2.94 bits per heavy atom. The second-order valence-corrected chi connectivity index (χ2v) is 4.54. The molecule has 1 aromatic heterocycles. The van der Waals surface area contributed by atoms with Crippen LogP contribution in [0.2, 0.25) is 0 Å². The number of hydrogen-bond acceptors (Lipinski definition) is 4. The number of nitrogens with zero attached hydrogens (tertiary/aromatic N) is 2. The average Bonchev–Trinajstić information content (AvgIpc) is 3.01. The summed E-state index contributed by atoms with van der Waals surface area (Å²) in [5.41, 5.74) is 0.997. The molecule has 0 amide bonds. The molecule has 1 N–H and O–H groups in total. The van der Waals surface area contributed by atoms with E-state index in [0.717, 1.165) is 43.2 Å². The van der Waals surface area contributed by atoms with Crippen molar-refractivity contribution < 1.29 is 4.74 Å². The summed E-state index contributed by atoms with van der Waals surface area (Å²) >= 11 is 0. The first-order valence-electron chi connectivity index (χ1n) is 6.34. The fraction of sp³-hybridized carbons (Fsp3) is 0.538. The third kappa shape index (κ3) is 2.25. The molecule has 0 spiro atoms. The summed E-state index contributed by atoms with van der Waals surface area (Å²) in [5, 5.41) is 3.27. The Morgan fingerprint density at radius 1 is 1.29 bits per heavy atom. The van der Waals surface area contributed by atoms with E-state index >= 15 is 0 Å². The van der Waals surface area contributed by atoms with Crippen molar-refractivity contribution in [1.29, 1.82) is 0 Å². The lowest BCUT2D eigenvalue weighted by atomic mass is 10.2. The number of rotatable bonds is 3. The molecule has 3 rings (SSSR count). The first-order valence-corrected chi connectivity index (χ1v) is 6.34. The Labute approximate surface area is 101 Å². The summed E-state index contributed by atoms with van der Waals surface area (Å²) < 4.78 is 5.99. The zero-order valence-electron chi connectivity index (χ0n) is 9.85. The summed E-state index contributed by atoms with van der Waals surface area (Å²) in [6, 6.07) is 3.95. The van der Waals surface area contributed by atoms with Crippen molar-refractivity contribution >= 4 is 5.84 Å². The second-order valence-electron chi connectivity index (χ2n) is 4.54. The van der Waals surface area contributed by atoms with E-state index in [9.17, 15) is 0 Å². The maximum absolute atomic E-state index is 5.99. The lowest BCUT2D eigenvalue weighted by Gasteiger charge is -2.15. The molecule has 0 saturated heterocycles. The van der Waals surface area contributed by atoms with E-state index in [1.54, 1.807) is 6.20 Å². The van der Waals surface area contributed by atoms with Crippen LogP contribution < -0.4 is 10.1 Å². The van der Waals surface area contributed by atoms with Crippen LogP contribution in [0.4, 0.5) is 0 Å². The molecule has 0 radical (unpaired) electrons. The number of ether oxygens (including phenoxy) is 1. The molecule has 4 heteroatoms. The van der Waals surface area contributed by atoms with E-state index in [-0.39, 0.29) is 0 Å². The number of aromatic nitrogens is 1. The molecule has 0 atom stereocenters. The van der Waals surface area contributed by atoms with Gasteiger partial charge in [0.2, 0.25) is 5.88 Å². The predicted molar refractivity (Wildman–Crippen MR) is 66.5 cm³/mol. The van der Waals surface area contributed by atoms with Crippen molar-refractivity contribution in [2.24, 2.45) is 4.99 Å². The maximum Gasteiger partial charge on any atom is 0.224 e. The molecule has 1 aliphatic heterocycles. The van der Waals surface area contributed by atoms with Crippen molar-refractivity contribution in [1.82, 2.24) is 10.3 Å². The highest BCUT2D eigenvalue weighted by atomic mass is 16.5. The van der Waals surface area contributed by atoms with Gasteiger partial charge in [-0.05, 0) is 37.8 Å². The van der Waals surface area contributed by atoms with E-state index < -0.39 is 0 Å². The number of aliphatic imine (C=N–C) groups is 1. The van der Waals surface area contributed by atoms with Crippen LogP contribution in [-0.2, 0) is 0 Å². The van der Waals surface area contributed by atoms with E-state index in [2.05, 4.69) is 15.3 Å². The largest absolute Gasteiger partial charge is 0.474 e. The van der Waals surface area contributed by atoms with Crippen LogP contribution in [0.1, 0.15) is 31.2 Å². The Kier molecular flexibility index (Phi) is 2.94. The molecular formula is C13H17N3O. The van der Waals surface area contributed by atoms with Gasteiger partial charge in [-0.2, -0.15) is 0 Å². The van der Waals surface area contributed by atoms with Gasteiger partial charge in [0.25, 0.3) is 0 Å². The molecule has 90 valence electrons. The Hall–Kier alpha value is -1.58. The number of amidine groups is 1. The summed E-state index contributed by atoms with van der Waals surface area (Å²) in [4.78, 5) is 8.77. The number of nitrogens with one attached hydrogen (secondary N) is 1. The standard InChI is InChI=1S/C13H17N3O/c1-2-5-10(4-1)17-13-11(6-3-7-16-13)12-14-8-9-15-12/h3,6-7,10H,1-2,4-5,8-9H2,(H,14,15). The van der Waals surface area contributed by atoms with Crippen LogP contribution in [0.5, 0.6) is 5.88 Å². The molecule has 1 aromatic rings. The van der Waals surface area contributed by atoms with Gasteiger partial charge in [0.1, 0.15) is 11.9 Å². The van der Waals surface area contributed by atoms with Crippen molar-refractivity contribution in [3.05, 3.63) is 23.9 Å². The number of hydrogen-bond donors (Lipinski definition) is 1. The lowest BCUT2D eigenvalue weighted by molar-refractivity contribution is 0.201. The van der Waals surface area contributed by atoms with Gasteiger partial charge in [-0.3, -0.25) is 4.99 Å². The summed E-state index contributed by atoms with van der Waals surface area (Å²) in [6.07, 6.45) is 6.96. The zero-order chi connectivity index (χ0) is 11.5. The minimum absolute atomic E-state index is 0.339. The monoisotopic (exact) mass is 231 g/mol. The van der Waals surface area contributed by atoms with Crippen LogP contribution in [0.25, 0.3) is 0 Å². The van der Waals surface area contributed by atoms with E-state index in [1.165, 1.54) is 12.8 Å². The van der Waals surface area contributed by atoms with Crippen LogP contribution in [-0.4, -0.2) is 30.0 Å². The topological polar surface area (TPSA) is 46.5 Å². The predicted octanol–water partition coefficient (Wildman–Crippen LogP) is 1.75. The van der Waals surface area contributed by atoms with Crippen LogP contribution in [0.3, 0.4) is 0 Å². The Morgan fingerprint density at radius 2 is 2.18 bits per heavy atom. The molecule has 1 saturated carbocycles. The van der Waals surface area contributed by atoms with Gasteiger partial charge >= 0.3 is 0 Å². The van der Waals surface area contributed by atoms with Crippen LogP contribution in [0, 0.1) is 0 Å². The van der Waals surface area contributed by atoms with Crippen molar-refractivity contribution in [2.75, 3.05) is 13.1 Å². The van der Waals surface area contributed by atoms with Crippen molar-refractivity contribution in [3.8, 4) is 5.88 Å². The molecule has 17 heavy (non-hydrogen) atoms. The molecule has 0 unspecified atom stereocenters. The second kappa shape index (κ2) is 4.73. The van der Waals surface area contributed by atoms with Gasteiger partial charge in [0, 0.05) is 12.7 Å².